The lowest BCUT2D eigenvalue weighted by molar-refractivity contribution is 0.0199. The third kappa shape index (κ3) is 8.08. The Morgan fingerprint density at radius 1 is 1.32 bits per heavy atom. The molecule has 28 heavy (non-hydrogen) atoms. The third-order valence-electron chi connectivity index (χ3n) is 4.97. The van der Waals surface area contributed by atoms with E-state index in [0.29, 0.717) is 25.9 Å². The van der Waals surface area contributed by atoms with E-state index in [1.807, 2.05) is 11.8 Å². The van der Waals surface area contributed by atoms with Crippen molar-refractivity contribution in [3.63, 3.8) is 0 Å². The fourth-order valence-electron chi connectivity index (χ4n) is 3.52. The molecule has 0 aliphatic carbocycles. The number of hydrogen-bond acceptors (Lipinski definition) is 4. The van der Waals surface area contributed by atoms with Gasteiger partial charge in [-0.1, -0.05) is 18.2 Å². The minimum absolute atomic E-state index is 0. The molecule has 1 aromatic carbocycles. The zero-order valence-corrected chi connectivity index (χ0v) is 20.0. The van der Waals surface area contributed by atoms with Crippen molar-refractivity contribution < 1.29 is 9.47 Å². The van der Waals surface area contributed by atoms with Crippen molar-refractivity contribution in [3.8, 4) is 0 Å². The van der Waals surface area contributed by atoms with Crippen LogP contribution in [0.4, 0.5) is 0 Å². The van der Waals surface area contributed by atoms with Crippen LogP contribution >= 0.6 is 35.7 Å². The van der Waals surface area contributed by atoms with E-state index in [4.69, 9.17) is 14.5 Å². The van der Waals surface area contributed by atoms with Gasteiger partial charge in [-0.2, -0.15) is 0 Å². The second-order valence-corrected chi connectivity index (χ2v) is 8.26. The number of rotatable bonds is 9. The summed E-state index contributed by atoms with van der Waals surface area (Å²) in [5.74, 6) is 2.92. The summed E-state index contributed by atoms with van der Waals surface area (Å²) in [4.78, 5) is 8.53. The van der Waals surface area contributed by atoms with Crippen LogP contribution in [0.15, 0.2) is 40.2 Å². The van der Waals surface area contributed by atoms with Crippen LogP contribution in [0, 0.1) is 5.92 Å². The number of hydrogen-bond donors (Lipinski definition) is 1. The van der Waals surface area contributed by atoms with Crippen molar-refractivity contribution in [2.75, 3.05) is 51.8 Å². The van der Waals surface area contributed by atoms with Crippen LogP contribution in [-0.4, -0.2) is 68.7 Å². The molecule has 0 amide bonds. The van der Waals surface area contributed by atoms with Crippen LogP contribution in [0.1, 0.15) is 26.2 Å². The standard InChI is InChI=1S/C21H33N3O2S.HI/c1-2-22-21(23-11-14-25-16-19-7-6-13-26-19)24-12-10-18(15-24)17-27-20-8-4-3-5-9-20;/h3-5,8-9,18-19H,2,6-7,10-17H2,1H3,(H,22,23);1H. The van der Waals surface area contributed by atoms with Gasteiger partial charge in [-0.05, 0) is 44.2 Å². The van der Waals surface area contributed by atoms with Gasteiger partial charge in [-0.25, -0.2) is 0 Å². The Labute approximate surface area is 191 Å². The van der Waals surface area contributed by atoms with Gasteiger partial charge in [0.05, 0.1) is 25.9 Å². The highest BCUT2D eigenvalue weighted by atomic mass is 127. The molecule has 0 radical (unpaired) electrons. The number of benzene rings is 1. The Balaban J connectivity index is 0.00000280. The van der Waals surface area contributed by atoms with E-state index in [2.05, 4.69) is 47.5 Å². The molecule has 1 aromatic rings. The average Bonchev–Trinajstić information content (AvgIpc) is 3.38. The average molecular weight is 519 g/mol. The van der Waals surface area contributed by atoms with Gasteiger partial charge in [0.15, 0.2) is 5.96 Å². The number of halogens is 1. The van der Waals surface area contributed by atoms with Crippen molar-refractivity contribution in [2.24, 2.45) is 10.9 Å². The summed E-state index contributed by atoms with van der Waals surface area (Å²) in [7, 11) is 0. The first-order chi connectivity index (χ1) is 13.3. The summed E-state index contributed by atoms with van der Waals surface area (Å²) >= 11 is 1.96. The Morgan fingerprint density at radius 3 is 2.93 bits per heavy atom. The molecule has 7 heteroatoms. The highest BCUT2D eigenvalue weighted by Crippen LogP contribution is 2.25. The molecule has 0 spiro atoms. The summed E-state index contributed by atoms with van der Waals surface area (Å²) in [6.07, 6.45) is 3.82. The molecule has 2 aliphatic rings. The van der Waals surface area contributed by atoms with E-state index in [1.165, 1.54) is 17.1 Å². The molecule has 5 nitrogen and oxygen atoms in total. The minimum Gasteiger partial charge on any atom is -0.377 e. The van der Waals surface area contributed by atoms with E-state index in [1.54, 1.807) is 0 Å². The molecule has 158 valence electrons. The van der Waals surface area contributed by atoms with Gasteiger partial charge in [0.2, 0.25) is 0 Å². The van der Waals surface area contributed by atoms with E-state index in [9.17, 15) is 0 Å². The van der Waals surface area contributed by atoms with Crippen LogP contribution in [-0.2, 0) is 9.47 Å². The van der Waals surface area contributed by atoms with Crippen LogP contribution in [0.5, 0.6) is 0 Å². The lowest BCUT2D eigenvalue weighted by Crippen LogP contribution is -2.40. The van der Waals surface area contributed by atoms with E-state index >= 15 is 0 Å². The number of nitrogens with one attached hydrogen (secondary N) is 1. The van der Waals surface area contributed by atoms with E-state index in [0.717, 1.165) is 51.0 Å². The fraction of sp³-hybridized carbons (Fsp3) is 0.667. The Morgan fingerprint density at radius 2 is 2.18 bits per heavy atom. The van der Waals surface area contributed by atoms with Gasteiger partial charge in [-0.15, -0.1) is 35.7 Å². The molecule has 2 fully saturated rings. The zero-order chi connectivity index (χ0) is 18.7. The molecule has 2 atom stereocenters. The first-order valence-corrected chi connectivity index (χ1v) is 11.2. The molecule has 2 aliphatic heterocycles. The lowest BCUT2D eigenvalue weighted by atomic mass is 10.2. The largest absolute Gasteiger partial charge is 0.377 e. The van der Waals surface area contributed by atoms with Gasteiger partial charge in [0, 0.05) is 36.9 Å². The summed E-state index contributed by atoms with van der Waals surface area (Å²) < 4.78 is 11.3. The topological polar surface area (TPSA) is 46.1 Å². The number of aliphatic imine (C=N–C) groups is 1. The predicted octanol–water partition coefficient (Wildman–Crippen LogP) is 3.88. The maximum atomic E-state index is 5.74. The molecular formula is C21H34IN3O2S. The Hall–Kier alpha value is -0.510. The zero-order valence-electron chi connectivity index (χ0n) is 16.8. The maximum absolute atomic E-state index is 5.74. The Bertz CT molecular complexity index is 570. The van der Waals surface area contributed by atoms with Crippen molar-refractivity contribution >= 4 is 41.7 Å². The highest BCUT2D eigenvalue weighted by molar-refractivity contribution is 14.0. The smallest absolute Gasteiger partial charge is 0.194 e. The molecule has 2 saturated heterocycles. The quantitative estimate of drug-likeness (QED) is 0.177. The number of guanidine groups is 1. The summed E-state index contributed by atoms with van der Waals surface area (Å²) in [5.41, 5.74) is 0. The van der Waals surface area contributed by atoms with Crippen LogP contribution in [0.3, 0.4) is 0 Å². The number of thioether (sulfide) groups is 1. The number of likely N-dealkylation sites (tertiary alicyclic amines) is 1. The maximum Gasteiger partial charge on any atom is 0.194 e. The summed E-state index contributed by atoms with van der Waals surface area (Å²) in [6, 6.07) is 10.7. The SMILES string of the molecule is CCNC(=NCCOCC1CCCO1)N1CCC(CSc2ccccc2)C1.I. The van der Waals surface area contributed by atoms with Crippen LogP contribution in [0.2, 0.25) is 0 Å². The summed E-state index contributed by atoms with van der Waals surface area (Å²) in [6.45, 7) is 8.15. The molecule has 0 saturated carbocycles. The van der Waals surface area contributed by atoms with Gasteiger partial charge in [0.1, 0.15) is 0 Å². The number of nitrogens with zero attached hydrogens (tertiary/aromatic N) is 2. The second-order valence-electron chi connectivity index (χ2n) is 7.17. The van der Waals surface area contributed by atoms with Crippen molar-refractivity contribution in [1.29, 1.82) is 0 Å². The number of ether oxygens (including phenoxy) is 2. The van der Waals surface area contributed by atoms with Crippen molar-refractivity contribution in [1.82, 2.24) is 10.2 Å². The van der Waals surface area contributed by atoms with Gasteiger partial charge >= 0.3 is 0 Å². The summed E-state index contributed by atoms with van der Waals surface area (Å²) in [5, 5.41) is 3.44. The van der Waals surface area contributed by atoms with Crippen molar-refractivity contribution in [3.05, 3.63) is 30.3 Å². The molecule has 2 heterocycles. The normalized spacial score (nSPS) is 22.3. The second kappa shape index (κ2) is 13.7. The predicted molar refractivity (Wildman–Crippen MR) is 128 cm³/mol. The molecule has 0 aromatic heterocycles. The minimum atomic E-state index is 0. The van der Waals surface area contributed by atoms with Gasteiger partial charge < -0.3 is 19.7 Å². The molecule has 0 bridgehead atoms. The van der Waals surface area contributed by atoms with E-state index < -0.39 is 0 Å². The molecular weight excluding hydrogens is 485 g/mol. The van der Waals surface area contributed by atoms with Gasteiger partial charge in [0.25, 0.3) is 0 Å². The Kier molecular flexibility index (Phi) is 11.6. The fourth-order valence-corrected chi connectivity index (χ4v) is 4.57. The molecule has 1 N–H and O–H groups in total. The van der Waals surface area contributed by atoms with E-state index in [-0.39, 0.29) is 24.0 Å². The monoisotopic (exact) mass is 519 g/mol. The first-order valence-electron chi connectivity index (χ1n) is 10.3. The highest BCUT2D eigenvalue weighted by Gasteiger charge is 2.24. The molecule has 2 unspecified atom stereocenters. The third-order valence-corrected chi connectivity index (χ3v) is 6.22. The lowest BCUT2D eigenvalue weighted by Gasteiger charge is -2.21. The van der Waals surface area contributed by atoms with Crippen LogP contribution < -0.4 is 5.32 Å². The van der Waals surface area contributed by atoms with Gasteiger partial charge in [-0.3, -0.25) is 4.99 Å². The van der Waals surface area contributed by atoms with Crippen LogP contribution in [0.25, 0.3) is 0 Å². The first kappa shape index (κ1) is 23.8. The molecule has 3 rings (SSSR count). The van der Waals surface area contributed by atoms with Crippen molar-refractivity contribution in [2.45, 2.75) is 37.2 Å².